The van der Waals surface area contributed by atoms with Gasteiger partial charge in [-0.1, -0.05) is 12.1 Å². The summed E-state index contributed by atoms with van der Waals surface area (Å²) in [6, 6.07) is 13.2. The molecule has 2 aromatic carbocycles. The number of carbonyl (C=O) groups is 1. The van der Waals surface area contributed by atoms with Gasteiger partial charge in [0, 0.05) is 18.9 Å². The van der Waals surface area contributed by atoms with Crippen LogP contribution in [0.3, 0.4) is 0 Å². The van der Waals surface area contributed by atoms with Crippen LogP contribution in [0.25, 0.3) is 0 Å². The lowest BCUT2D eigenvalue weighted by atomic mass is 9.98. The predicted octanol–water partition coefficient (Wildman–Crippen LogP) is 3.41. The summed E-state index contributed by atoms with van der Waals surface area (Å²) >= 11 is 0. The topological polar surface area (TPSA) is 60.4 Å². The van der Waals surface area contributed by atoms with E-state index in [1.807, 2.05) is 42.5 Å². The van der Waals surface area contributed by atoms with Gasteiger partial charge in [-0.3, -0.25) is 4.79 Å². The van der Waals surface area contributed by atoms with Gasteiger partial charge < -0.3 is 14.2 Å². The monoisotopic (exact) mass is 354 g/mol. The Morgan fingerprint density at radius 3 is 2.27 bits per heavy atom. The second kappa shape index (κ2) is 7.47. The highest BCUT2D eigenvalue weighted by atomic mass is 16.5. The Morgan fingerprint density at radius 1 is 1.00 bits per heavy atom. The highest BCUT2D eigenvalue weighted by Crippen LogP contribution is 2.35. The van der Waals surface area contributed by atoms with E-state index in [0.29, 0.717) is 17.9 Å². The summed E-state index contributed by atoms with van der Waals surface area (Å²) < 4.78 is 15.9. The number of carbonyl (C=O) groups excluding carboxylic acids is 1. The summed E-state index contributed by atoms with van der Waals surface area (Å²) in [5.74, 6) is 1.98. The summed E-state index contributed by atoms with van der Waals surface area (Å²) in [6.45, 7) is 1.53. The molecule has 1 heterocycles. The number of rotatable bonds is 5. The van der Waals surface area contributed by atoms with Gasteiger partial charge in [0.25, 0.3) is 0 Å². The van der Waals surface area contributed by atoms with Crippen molar-refractivity contribution in [2.45, 2.75) is 19.4 Å². The Kier molecular flexibility index (Phi) is 5.11. The number of hydrazone groups is 1. The number of ether oxygens (including phenoxy) is 3. The van der Waals surface area contributed by atoms with Crippen LogP contribution in [0.5, 0.6) is 17.2 Å². The first-order valence-corrected chi connectivity index (χ1v) is 8.31. The third kappa shape index (κ3) is 3.35. The fraction of sp³-hybridized carbons (Fsp3) is 0.300. The van der Waals surface area contributed by atoms with Crippen LogP contribution in [0, 0.1) is 0 Å². The van der Waals surface area contributed by atoms with Crippen molar-refractivity contribution in [1.82, 2.24) is 5.01 Å². The van der Waals surface area contributed by atoms with Gasteiger partial charge >= 0.3 is 0 Å². The minimum atomic E-state index is -0.137. The number of hydrogen-bond donors (Lipinski definition) is 0. The van der Waals surface area contributed by atoms with E-state index >= 15 is 0 Å². The molecule has 6 heteroatoms. The van der Waals surface area contributed by atoms with Crippen molar-refractivity contribution in [2.24, 2.45) is 5.10 Å². The van der Waals surface area contributed by atoms with Crippen LogP contribution in [-0.2, 0) is 4.79 Å². The molecule has 0 saturated heterocycles. The molecule has 6 nitrogen and oxygen atoms in total. The van der Waals surface area contributed by atoms with Crippen molar-refractivity contribution < 1.29 is 19.0 Å². The lowest BCUT2D eigenvalue weighted by Gasteiger charge is -2.20. The Bertz CT molecular complexity index is 830. The molecule has 1 aliphatic rings. The number of amides is 1. The maximum absolute atomic E-state index is 12.1. The molecule has 0 fully saturated rings. The van der Waals surface area contributed by atoms with Crippen LogP contribution in [0.4, 0.5) is 0 Å². The van der Waals surface area contributed by atoms with Gasteiger partial charge in [-0.05, 0) is 35.9 Å². The first kappa shape index (κ1) is 17.8. The molecule has 2 aromatic rings. The second-order valence-electron chi connectivity index (χ2n) is 5.97. The minimum Gasteiger partial charge on any atom is -0.497 e. The predicted molar refractivity (Wildman–Crippen MR) is 99.0 cm³/mol. The van der Waals surface area contributed by atoms with Crippen LogP contribution in [-0.4, -0.2) is 38.0 Å². The average Bonchev–Trinajstić information content (AvgIpc) is 3.13. The zero-order chi connectivity index (χ0) is 18.7. The van der Waals surface area contributed by atoms with Crippen LogP contribution in [0.15, 0.2) is 47.6 Å². The van der Waals surface area contributed by atoms with Crippen molar-refractivity contribution in [2.75, 3.05) is 21.3 Å². The van der Waals surface area contributed by atoms with Gasteiger partial charge in [-0.15, -0.1) is 0 Å². The fourth-order valence-corrected chi connectivity index (χ4v) is 3.08. The van der Waals surface area contributed by atoms with Gasteiger partial charge in [-0.25, -0.2) is 5.01 Å². The summed E-state index contributed by atoms with van der Waals surface area (Å²) in [6.07, 6.45) is 0.626. The first-order valence-electron chi connectivity index (χ1n) is 8.31. The van der Waals surface area contributed by atoms with Crippen molar-refractivity contribution in [3.05, 3.63) is 53.6 Å². The van der Waals surface area contributed by atoms with Gasteiger partial charge in [-0.2, -0.15) is 5.10 Å². The molecule has 1 amide bonds. The van der Waals surface area contributed by atoms with E-state index in [2.05, 4.69) is 5.10 Å². The number of benzene rings is 2. The standard InChI is InChI=1S/C20H22N2O4/c1-13(23)22-18(14-5-8-16(24-2)9-6-14)12-17(21-22)15-7-10-19(25-3)20(11-15)26-4/h5-11,18H,12H2,1-4H3/t18-/m0/s1. The van der Waals surface area contributed by atoms with E-state index in [1.54, 1.807) is 21.3 Å². The van der Waals surface area contributed by atoms with Gasteiger partial charge in [0.2, 0.25) is 5.91 Å². The van der Waals surface area contributed by atoms with Gasteiger partial charge in [0.15, 0.2) is 11.5 Å². The van der Waals surface area contributed by atoms with Crippen molar-refractivity contribution in [1.29, 1.82) is 0 Å². The Morgan fingerprint density at radius 2 is 1.69 bits per heavy atom. The second-order valence-corrected chi connectivity index (χ2v) is 5.97. The maximum Gasteiger partial charge on any atom is 0.240 e. The lowest BCUT2D eigenvalue weighted by Crippen LogP contribution is -2.24. The highest BCUT2D eigenvalue weighted by molar-refractivity contribution is 6.03. The largest absolute Gasteiger partial charge is 0.497 e. The lowest BCUT2D eigenvalue weighted by molar-refractivity contribution is -0.130. The van der Waals surface area contributed by atoms with E-state index in [1.165, 1.54) is 11.9 Å². The van der Waals surface area contributed by atoms with Crippen molar-refractivity contribution >= 4 is 11.6 Å². The molecule has 0 unspecified atom stereocenters. The van der Waals surface area contributed by atoms with Crippen LogP contribution in [0.2, 0.25) is 0 Å². The maximum atomic E-state index is 12.1. The summed E-state index contributed by atoms with van der Waals surface area (Å²) in [7, 11) is 4.83. The van der Waals surface area contributed by atoms with E-state index in [4.69, 9.17) is 14.2 Å². The third-order valence-corrected chi connectivity index (χ3v) is 4.45. The van der Waals surface area contributed by atoms with Crippen molar-refractivity contribution in [3.63, 3.8) is 0 Å². The molecule has 1 aliphatic heterocycles. The Balaban J connectivity index is 1.92. The van der Waals surface area contributed by atoms with E-state index < -0.39 is 0 Å². The summed E-state index contributed by atoms with van der Waals surface area (Å²) in [5.41, 5.74) is 2.76. The number of methoxy groups -OCH3 is 3. The normalized spacial score (nSPS) is 16.2. The summed E-state index contributed by atoms with van der Waals surface area (Å²) in [5, 5.41) is 6.10. The van der Waals surface area contributed by atoms with Crippen LogP contribution in [0.1, 0.15) is 30.5 Å². The van der Waals surface area contributed by atoms with E-state index in [-0.39, 0.29) is 11.9 Å². The first-order chi connectivity index (χ1) is 12.6. The van der Waals surface area contributed by atoms with Crippen LogP contribution >= 0.6 is 0 Å². The molecule has 3 rings (SSSR count). The van der Waals surface area contributed by atoms with Crippen LogP contribution < -0.4 is 14.2 Å². The zero-order valence-electron chi connectivity index (χ0n) is 15.4. The van der Waals surface area contributed by atoms with E-state index in [0.717, 1.165) is 22.6 Å². The molecule has 0 radical (unpaired) electrons. The molecule has 1 atom stereocenters. The fourth-order valence-electron chi connectivity index (χ4n) is 3.08. The zero-order valence-corrected chi connectivity index (χ0v) is 15.4. The van der Waals surface area contributed by atoms with Crippen molar-refractivity contribution in [3.8, 4) is 17.2 Å². The van der Waals surface area contributed by atoms with Gasteiger partial charge in [0.05, 0.1) is 33.1 Å². The Labute approximate surface area is 153 Å². The summed E-state index contributed by atoms with van der Waals surface area (Å²) in [4.78, 5) is 12.1. The molecule has 0 N–H and O–H groups in total. The molecule has 136 valence electrons. The molecular formula is C20H22N2O4. The molecule has 0 spiro atoms. The van der Waals surface area contributed by atoms with E-state index in [9.17, 15) is 4.79 Å². The SMILES string of the molecule is COc1ccc([C@@H]2CC(c3ccc(OC)c(OC)c3)=NN2C(C)=O)cc1. The smallest absolute Gasteiger partial charge is 0.240 e. The Hall–Kier alpha value is -3.02. The number of nitrogens with zero attached hydrogens (tertiary/aromatic N) is 2. The molecule has 0 aromatic heterocycles. The third-order valence-electron chi connectivity index (χ3n) is 4.45. The van der Waals surface area contributed by atoms with Gasteiger partial charge in [0.1, 0.15) is 5.75 Å². The molecule has 0 bridgehead atoms. The number of hydrogen-bond acceptors (Lipinski definition) is 5. The molecular weight excluding hydrogens is 332 g/mol. The molecule has 26 heavy (non-hydrogen) atoms. The quantitative estimate of drug-likeness (QED) is 0.826. The average molecular weight is 354 g/mol. The minimum absolute atomic E-state index is 0.0960. The molecule has 0 aliphatic carbocycles. The highest BCUT2D eigenvalue weighted by Gasteiger charge is 2.31. The molecule has 0 saturated carbocycles.